The van der Waals surface area contributed by atoms with Crippen molar-refractivity contribution in [2.45, 2.75) is 49.3 Å². The van der Waals surface area contributed by atoms with Crippen molar-refractivity contribution in [2.24, 2.45) is 0 Å². The Labute approximate surface area is 245 Å². The lowest BCUT2D eigenvalue weighted by Crippen LogP contribution is -2.57. The number of hydrogen-bond acceptors (Lipinski definition) is 8. The minimum atomic E-state index is -4.59. The van der Waals surface area contributed by atoms with Crippen LogP contribution in [0.15, 0.2) is 48.0 Å². The molecule has 0 spiro atoms. The van der Waals surface area contributed by atoms with Gasteiger partial charge in [-0.05, 0) is 55.3 Å². The molecule has 2 aromatic carbocycles. The highest BCUT2D eigenvalue weighted by Gasteiger charge is 2.52. The van der Waals surface area contributed by atoms with Gasteiger partial charge in [-0.1, -0.05) is 0 Å². The molecule has 0 radical (unpaired) electrons. The zero-order chi connectivity index (χ0) is 30.9. The van der Waals surface area contributed by atoms with Gasteiger partial charge in [0.05, 0.1) is 37.3 Å². The first-order valence-electron chi connectivity index (χ1n) is 13.8. The molecule has 2 aliphatic heterocycles. The van der Waals surface area contributed by atoms with E-state index in [9.17, 15) is 37.8 Å². The molecule has 13 heteroatoms. The molecule has 0 aromatic heterocycles. The van der Waals surface area contributed by atoms with E-state index >= 15 is 0 Å². The lowest BCUT2D eigenvalue weighted by molar-refractivity contribution is -0.137. The average Bonchev–Trinajstić information content (AvgIpc) is 3.66. The Bertz CT molecular complexity index is 1410. The molecule has 230 valence electrons. The molecule has 5 atom stereocenters. The summed E-state index contributed by atoms with van der Waals surface area (Å²) in [6, 6.07) is 5.59. The number of fused-ring (bicyclic) bond motifs is 3. The molecule has 1 saturated heterocycles. The third-order valence-electron chi connectivity index (χ3n) is 7.92. The fraction of sp³-hybridized carbons (Fsp3) is 0.433. The molecule has 2 aromatic rings. The number of benzene rings is 2. The largest absolute Gasteiger partial charge is 0.493 e. The second kappa shape index (κ2) is 12.3. The number of amides is 2. The highest BCUT2D eigenvalue weighted by atomic mass is 19.4. The van der Waals surface area contributed by atoms with Crippen molar-refractivity contribution in [3.63, 3.8) is 0 Å². The number of nitrogens with zero attached hydrogens (tertiary/aromatic N) is 1. The van der Waals surface area contributed by atoms with Crippen molar-refractivity contribution >= 4 is 18.1 Å². The second-order valence-corrected chi connectivity index (χ2v) is 10.6. The van der Waals surface area contributed by atoms with E-state index in [1.807, 2.05) is 0 Å². The fourth-order valence-electron chi connectivity index (χ4n) is 5.87. The molecule has 43 heavy (non-hydrogen) atoms. The Balaban J connectivity index is 1.59. The molecule has 3 aliphatic rings. The second-order valence-electron chi connectivity index (χ2n) is 10.6. The number of aliphatic hydroxyl groups is 2. The van der Waals surface area contributed by atoms with Gasteiger partial charge >= 0.3 is 6.18 Å². The van der Waals surface area contributed by atoms with Crippen molar-refractivity contribution in [3.05, 3.63) is 70.3 Å². The van der Waals surface area contributed by atoms with Crippen LogP contribution < -0.4 is 14.8 Å². The van der Waals surface area contributed by atoms with Crippen LogP contribution in [0.2, 0.25) is 0 Å². The molecule has 0 saturated carbocycles. The number of alkyl halides is 3. The minimum Gasteiger partial charge on any atom is -0.493 e. The molecule has 0 bridgehead atoms. The van der Waals surface area contributed by atoms with Crippen molar-refractivity contribution in [3.8, 4) is 11.5 Å². The summed E-state index contributed by atoms with van der Waals surface area (Å²) in [5.74, 6) is -1.69. The number of nitrogens with one attached hydrogen (secondary N) is 1. The number of carbonyl (C=O) groups excluding carboxylic acids is 3. The molecular formula is C30H31F3N2O8. The Morgan fingerprint density at radius 3 is 2.56 bits per heavy atom. The van der Waals surface area contributed by atoms with Gasteiger partial charge in [-0.15, -0.1) is 0 Å². The van der Waals surface area contributed by atoms with Crippen LogP contribution in [0.5, 0.6) is 11.5 Å². The molecular weight excluding hydrogens is 573 g/mol. The first kappa shape index (κ1) is 30.5. The summed E-state index contributed by atoms with van der Waals surface area (Å²) in [4.78, 5) is 40.3. The van der Waals surface area contributed by atoms with Gasteiger partial charge in [-0.25, -0.2) is 0 Å². The van der Waals surface area contributed by atoms with Gasteiger partial charge in [0.2, 0.25) is 5.91 Å². The van der Waals surface area contributed by atoms with E-state index in [2.05, 4.69) is 5.32 Å². The number of ether oxygens (including phenoxy) is 3. The van der Waals surface area contributed by atoms with Crippen LogP contribution in [0.1, 0.15) is 50.6 Å². The predicted molar refractivity (Wildman–Crippen MR) is 145 cm³/mol. The third kappa shape index (κ3) is 5.97. The highest BCUT2D eigenvalue weighted by molar-refractivity contribution is 5.98. The number of rotatable bonds is 9. The van der Waals surface area contributed by atoms with Crippen LogP contribution in [0.25, 0.3) is 0 Å². The number of halogens is 3. The molecule has 5 rings (SSSR count). The molecule has 0 unspecified atom stereocenters. The minimum absolute atomic E-state index is 0.00737. The monoisotopic (exact) mass is 604 g/mol. The van der Waals surface area contributed by atoms with E-state index in [0.717, 1.165) is 30.7 Å². The maximum Gasteiger partial charge on any atom is 0.416 e. The van der Waals surface area contributed by atoms with Crippen LogP contribution in [-0.2, 0) is 15.7 Å². The molecule has 10 nitrogen and oxygen atoms in total. The Hall–Kier alpha value is -3.94. The summed E-state index contributed by atoms with van der Waals surface area (Å²) in [5.41, 5.74) is -0.167. The first-order chi connectivity index (χ1) is 20.6. The normalized spacial score (nSPS) is 24.3. The van der Waals surface area contributed by atoms with E-state index in [4.69, 9.17) is 14.2 Å². The van der Waals surface area contributed by atoms with Gasteiger partial charge in [0, 0.05) is 42.0 Å². The molecule has 1 aliphatic carbocycles. The Morgan fingerprint density at radius 1 is 1.21 bits per heavy atom. The lowest BCUT2D eigenvalue weighted by atomic mass is 9.77. The summed E-state index contributed by atoms with van der Waals surface area (Å²) in [6.07, 6.45) is -4.08. The van der Waals surface area contributed by atoms with Gasteiger partial charge < -0.3 is 34.6 Å². The number of methoxy groups -OCH3 is 1. The third-order valence-corrected chi connectivity index (χ3v) is 7.92. The van der Waals surface area contributed by atoms with Gasteiger partial charge in [-0.2, -0.15) is 13.2 Å². The van der Waals surface area contributed by atoms with Crippen molar-refractivity contribution in [2.75, 3.05) is 33.4 Å². The van der Waals surface area contributed by atoms with Crippen LogP contribution in [0.3, 0.4) is 0 Å². The van der Waals surface area contributed by atoms with E-state index in [1.54, 1.807) is 0 Å². The fourth-order valence-corrected chi connectivity index (χ4v) is 5.87. The standard InChI is InChI=1S/C30H31F3N2O8/c1-41-23-12-16(15-37)11-20-24-21(28(39)34-8-9-36)13-22(25(38)27(24)43-26(20)23)35(14-19-3-2-10-42-19)29(40)17-4-6-18(7-5-17)30(31,32)33/h4-7,11-13,15,19,22,24-25,27,36,38H,2-3,8-10,14H2,1H3,(H,34,39)/t19-,22-,24+,25+,27+/m1/s1. The van der Waals surface area contributed by atoms with Gasteiger partial charge in [0.15, 0.2) is 11.5 Å². The smallest absolute Gasteiger partial charge is 0.416 e. The topological polar surface area (TPSA) is 135 Å². The summed E-state index contributed by atoms with van der Waals surface area (Å²) in [5, 5.41) is 23.6. The molecule has 2 heterocycles. The average molecular weight is 605 g/mol. The van der Waals surface area contributed by atoms with Crippen molar-refractivity contribution < 1.29 is 52.0 Å². The van der Waals surface area contributed by atoms with Gasteiger partial charge in [0.25, 0.3) is 5.91 Å². The van der Waals surface area contributed by atoms with E-state index in [-0.39, 0.29) is 47.9 Å². The van der Waals surface area contributed by atoms with Crippen LogP contribution >= 0.6 is 0 Å². The number of aliphatic hydroxyl groups excluding tert-OH is 2. The van der Waals surface area contributed by atoms with Gasteiger partial charge in [-0.3, -0.25) is 14.4 Å². The van der Waals surface area contributed by atoms with Crippen molar-refractivity contribution in [1.29, 1.82) is 0 Å². The van der Waals surface area contributed by atoms with Crippen molar-refractivity contribution in [1.82, 2.24) is 10.2 Å². The maximum atomic E-state index is 13.9. The zero-order valence-corrected chi connectivity index (χ0v) is 23.2. The van der Waals surface area contributed by atoms with Crippen LogP contribution in [-0.4, -0.2) is 91.0 Å². The Morgan fingerprint density at radius 2 is 1.95 bits per heavy atom. The number of aldehydes is 1. The summed E-state index contributed by atoms with van der Waals surface area (Å²) in [6.45, 7) is 0.0443. The van der Waals surface area contributed by atoms with E-state index in [1.165, 1.54) is 30.2 Å². The number of hydrogen-bond donors (Lipinski definition) is 3. The molecule has 3 N–H and O–H groups in total. The molecule has 2 amide bonds. The zero-order valence-electron chi connectivity index (χ0n) is 23.2. The lowest BCUT2D eigenvalue weighted by Gasteiger charge is -2.41. The SMILES string of the molecule is COc1cc(C=O)cc2c1O[C@@H]1[C@@H](O)[C@H](N(C[C@H]3CCCO3)C(=O)c3ccc(C(F)(F)F)cc3)C=C(C(=O)NCCO)[C@H]21. The molecule has 1 fully saturated rings. The van der Waals surface area contributed by atoms with Crippen LogP contribution in [0.4, 0.5) is 13.2 Å². The van der Waals surface area contributed by atoms with E-state index in [0.29, 0.717) is 24.9 Å². The quantitative estimate of drug-likeness (QED) is 0.372. The Kier molecular flexibility index (Phi) is 8.76. The number of carbonyl (C=O) groups is 3. The summed E-state index contributed by atoms with van der Waals surface area (Å²) < 4.78 is 56.9. The summed E-state index contributed by atoms with van der Waals surface area (Å²) in [7, 11) is 1.38. The highest BCUT2D eigenvalue weighted by Crippen LogP contribution is 2.51. The van der Waals surface area contributed by atoms with Gasteiger partial charge in [0.1, 0.15) is 18.5 Å². The van der Waals surface area contributed by atoms with E-state index < -0.39 is 53.8 Å². The summed E-state index contributed by atoms with van der Waals surface area (Å²) >= 11 is 0. The first-order valence-corrected chi connectivity index (χ1v) is 13.8. The maximum absolute atomic E-state index is 13.9. The van der Waals surface area contributed by atoms with Crippen LogP contribution in [0, 0.1) is 0 Å². The predicted octanol–water partition coefficient (Wildman–Crippen LogP) is 2.47.